The molecule has 0 unspecified atom stereocenters. The number of hydrogen-bond acceptors (Lipinski definition) is 6. The maximum absolute atomic E-state index is 12.3. The molecule has 2 aromatic carbocycles. The number of hydrogen-bond donors (Lipinski definition) is 1. The Morgan fingerprint density at radius 3 is 2.61 bits per heavy atom. The van der Waals surface area contributed by atoms with Gasteiger partial charge in [-0.1, -0.05) is 6.07 Å². The summed E-state index contributed by atoms with van der Waals surface area (Å²) >= 11 is 0. The van der Waals surface area contributed by atoms with E-state index >= 15 is 0 Å². The van der Waals surface area contributed by atoms with Gasteiger partial charge in [-0.2, -0.15) is 5.10 Å². The van der Waals surface area contributed by atoms with E-state index in [1.54, 1.807) is 37.4 Å². The fourth-order valence-corrected chi connectivity index (χ4v) is 3.73. The third-order valence-corrected chi connectivity index (χ3v) is 5.30. The summed E-state index contributed by atoms with van der Waals surface area (Å²) in [4.78, 5) is 24.2. The average Bonchev–Trinajstić information content (AvgIpc) is 3.37. The van der Waals surface area contributed by atoms with Gasteiger partial charge < -0.3 is 18.8 Å². The van der Waals surface area contributed by atoms with Crippen LogP contribution in [0.1, 0.15) is 39.8 Å². The van der Waals surface area contributed by atoms with Gasteiger partial charge in [0.15, 0.2) is 11.5 Å². The van der Waals surface area contributed by atoms with E-state index in [2.05, 4.69) is 15.1 Å². The van der Waals surface area contributed by atoms with Gasteiger partial charge in [-0.25, -0.2) is 10.2 Å². The lowest BCUT2D eigenvalue weighted by Gasteiger charge is -2.10. The van der Waals surface area contributed by atoms with Crippen LogP contribution in [0.3, 0.4) is 0 Å². The minimum atomic E-state index is -0.339. The number of carbonyl (C=O) groups excluding carboxylic acids is 2. The molecular weight excluding hydrogens is 422 g/mol. The summed E-state index contributed by atoms with van der Waals surface area (Å²) in [5.41, 5.74) is 7.67. The maximum atomic E-state index is 12.3. The Kier molecular flexibility index (Phi) is 6.44. The van der Waals surface area contributed by atoms with Gasteiger partial charge in [0.1, 0.15) is 0 Å². The number of amides is 1. The first-order valence-corrected chi connectivity index (χ1v) is 10.6. The number of aromatic nitrogens is 1. The fraction of sp³-hybridized carbons (Fsp3) is 0.240. The molecule has 1 aliphatic rings. The van der Waals surface area contributed by atoms with Crippen molar-refractivity contribution in [3.8, 4) is 17.2 Å². The van der Waals surface area contributed by atoms with Gasteiger partial charge in [0, 0.05) is 22.6 Å². The van der Waals surface area contributed by atoms with Crippen molar-refractivity contribution in [2.24, 2.45) is 5.10 Å². The second-order valence-corrected chi connectivity index (χ2v) is 7.59. The van der Waals surface area contributed by atoms with E-state index in [0.29, 0.717) is 23.7 Å². The number of rotatable bonds is 7. The van der Waals surface area contributed by atoms with Crippen LogP contribution in [0.2, 0.25) is 0 Å². The lowest BCUT2D eigenvalue weighted by atomic mass is 10.1. The molecule has 0 aliphatic carbocycles. The second-order valence-electron chi connectivity index (χ2n) is 7.59. The number of aryl methyl sites for hydroxylation is 1. The fourth-order valence-electron chi connectivity index (χ4n) is 3.73. The van der Waals surface area contributed by atoms with Crippen LogP contribution < -0.4 is 14.9 Å². The molecule has 1 aromatic heterocycles. The summed E-state index contributed by atoms with van der Waals surface area (Å²) in [5, 5.41) is 4.12. The number of nitrogens with one attached hydrogen (secondary N) is 1. The Balaban J connectivity index is 1.41. The van der Waals surface area contributed by atoms with Gasteiger partial charge in [0.05, 0.1) is 24.8 Å². The molecule has 1 amide bonds. The predicted molar refractivity (Wildman–Crippen MR) is 123 cm³/mol. The monoisotopic (exact) mass is 447 g/mol. The summed E-state index contributed by atoms with van der Waals surface area (Å²) in [5.74, 6) is 0.761. The van der Waals surface area contributed by atoms with Crippen molar-refractivity contribution in [3.63, 3.8) is 0 Å². The highest BCUT2D eigenvalue weighted by Crippen LogP contribution is 2.32. The third kappa shape index (κ3) is 4.90. The van der Waals surface area contributed by atoms with Crippen molar-refractivity contribution >= 4 is 18.1 Å². The number of carbonyl (C=O) groups is 2. The van der Waals surface area contributed by atoms with Crippen LogP contribution in [0, 0.1) is 13.8 Å². The first kappa shape index (κ1) is 22.1. The smallest absolute Gasteiger partial charge is 0.338 e. The van der Waals surface area contributed by atoms with Gasteiger partial charge in [-0.15, -0.1) is 0 Å². The van der Waals surface area contributed by atoms with Gasteiger partial charge in [-0.3, -0.25) is 4.79 Å². The van der Waals surface area contributed by atoms with E-state index in [0.717, 1.165) is 28.2 Å². The highest BCUT2D eigenvalue weighted by atomic mass is 16.7. The summed E-state index contributed by atoms with van der Waals surface area (Å²) in [6.07, 6.45) is 1.81. The highest BCUT2D eigenvalue weighted by Gasteiger charge is 2.15. The first-order valence-electron chi connectivity index (χ1n) is 10.6. The Morgan fingerprint density at radius 1 is 1.09 bits per heavy atom. The standard InChI is InChI=1S/C25H25N3O5/c1-4-31-25(30)19-6-8-21(9-7-19)28-16(2)11-20(17(28)3)14-26-27-24(29)13-18-5-10-22-23(12-18)33-15-32-22/h5-12,14H,4,13,15H2,1-3H3,(H,27,29)/b26-14-. The molecule has 0 bridgehead atoms. The number of hydrazone groups is 1. The Bertz CT molecular complexity index is 1210. The normalized spacial score (nSPS) is 12.2. The van der Waals surface area contributed by atoms with Crippen LogP contribution in [0.5, 0.6) is 11.5 Å². The summed E-state index contributed by atoms with van der Waals surface area (Å²) < 4.78 is 17.7. The molecule has 0 radical (unpaired) electrons. The zero-order chi connectivity index (χ0) is 23.4. The number of nitrogens with zero attached hydrogens (tertiary/aromatic N) is 2. The molecular formula is C25H25N3O5. The highest BCUT2D eigenvalue weighted by molar-refractivity contribution is 5.89. The molecule has 170 valence electrons. The quantitative estimate of drug-likeness (QED) is 0.339. The van der Waals surface area contributed by atoms with Crippen LogP contribution in [-0.4, -0.2) is 36.1 Å². The largest absolute Gasteiger partial charge is 0.462 e. The molecule has 0 fully saturated rings. The Hall–Kier alpha value is -4.07. The topological polar surface area (TPSA) is 91.2 Å². The minimum absolute atomic E-state index is 0.180. The minimum Gasteiger partial charge on any atom is -0.462 e. The van der Waals surface area contributed by atoms with Gasteiger partial charge in [0.25, 0.3) is 0 Å². The summed E-state index contributed by atoms with van der Waals surface area (Å²) in [7, 11) is 0. The van der Waals surface area contributed by atoms with Crippen LogP contribution in [0.4, 0.5) is 0 Å². The Labute approximate surface area is 191 Å². The molecule has 8 nitrogen and oxygen atoms in total. The van der Waals surface area contributed by atoms with E-state index in [1.807, 2.05) is 38.1 Å². The van der Waals surface area contributed by atoms with Crippen molar-refractivity contribution < 1.29 is 23.8 Å². The number of ether oxygens (including phenoxy) is 3. The lowest BCUT2D eigenvalue weighted by Crippen LogP contribution is -2.19. The van der Waals surface area contributed by atoms with Gasteiger partial charge in [-0.05, 0) is 68.8 Å². The van der Waals surface area contributed by atoms with E-state index in [1.165, 1.54) is 0 Å². The summed E-state index contributed by atoms with van der Waals surface area (Å²) in [6.45, 7) is 6.28. The molecule has 3 aromatic rings. The second kappa shape index (κ2) is 9.60. The Morgan fingerprint density at radius 2 is 1.85 bits per heavy atom. The van der Waals surface area contributed by atoms with E-state index in [-0.39, 0.29) is 25.1 Å². The third-order valence-electron chi connectivity index (χ3n) is 5.30. The predicted octanol–water partition coefficient (Wildman–Crippen LogP) is 3.69. The number of fused-ring (bicyclic) bond motifs is 1. The van der Waals surface area contributed by atoms with Crippen LogP contribution in [0.15, 0.2) is 53.6 Å². The lowest BCUT2D eigenvalue weighted by molar-refractivity contribution is -0.120. The molecule has 2 heterocycles. The van der Waals surface area contributed by atoms with E-state index in [9.17, 15) is 9.59 Å². The van der Waals surface area contributed by atoms with Crippen molar-refractivity contribution in [2.75, 3.05) is 13.4 Å². The van der Waals surface area contributed by atoms with Crippen molar-refractivity contribution in [3.05, 3.63) is 76.6 Å². The van der Waals surface area contributed by atoms with Gasteiger partial charge in [0.2, 0.25) is 12.7 Å². The molecule has 0 saturated heterocycles. The number of benzene rings is 2. The zero-order valence-electron chi connectivity index (χ0n) is 18.8. The van der Waals surface area contributed by atoms with Crippen LogP contribution >= 0.6 is 0 Å². The van der Waals surface area contributed by atoms with Crippen molar-refractivity contribution in [2.45, 2.75) is 27.2 Å². The molecule has 1 aliphatic heterocycles. The SMILES string of the molecule is CCOC(=O)c1ccc(-n2c(C)cc(/C=N\NC(=O)Cc3ccc4c(c3)OCO4)c2C)cc1. The average molecular weight is 447 g/mol. The molecule has 0 spiro atoms. The number of esters is 1. The molecule has 4 rings (SSSR count). The first-order chi connectivity index (χ1) is 16.0. The van der Waals surface area contributed by atoms with Crippen molar-refractivity contribution in [1.82, 2.24) is 9.99 Å². The molecule has 8 heteroatoms. The van der Waals surface area contributed by atoms with Gasteiger partial charge >= 0.3 is 5.97 Å². The van der Waals surface area contributed by atoms with Crippen molar-refractivity contribution in [1.29, 1.82) is 0 Å². The van der Waals surface area contributed by atoms with E-state index in [4.69, 9.17) is 14.2 Å². The molecule has 0 saturated carbocycles. The molecule has 0 atom stereocenters. The van der Waals surface area contributed by atoms with E-state index < -0.39 is 0 Å². The zero-order valence-corrected chi connectivity index (χ0v) is 18.8. The van der Waals surface area contributed by atoms with Crippen LogP contribution in [0.25, 0.3) is 5.69 Å². The molecule has 33 heavy (non-hydrogen) atoms. The maximum Gasteiger partial charge on any atom is 0.338 e. The van der Waals surface area contributed by atoms with Crippen LogP contribution in [-0.2, 0) is 16.0 Å². The molecule has 1 N–H and O–H groups in total. The summed E-state index contributed by atoms with van der Waals surface area (Å²) in [6, 6.07) is 14.7.